The van der Waals surface area contributed by atoms with Gasteiger partial charge in [-0.1, -0.05) is 6.42 Å². The van der Waals surface area contributed by atoms with E-state index in [-0.39, 0.29) is 115 Å². The van der Waals surface area contributed by atoms with Gasteiger partial charge in [0.2, 0.25) is 5.91 Å². The number of hydrogen-bond donors (Lipinski definition) is 24. The van der Waals surface area contributed by atoms with Gasteiger partial charge in [0, 0.05) is 19.4 Å². The van der Waals surface area contributed by atoms with Crippen LogP contribution in [0.5, 0.6) is 0 Å². The Labute approximate surface area is 619 Å². The van der Waals surface area contributed by atoms with E-state index in [4.69, 9.17) is 81.5 Å². The molecule has 0 aliphatic carbocycles. The molecule has 6 saturated heterocycles. The lowest BCUT2D eigenvalue weighted by atomic mass is 9.96. The van der Waals surface area contributed by atoms with Gasteiger partial charge in [-0.05, 0) is 46.1 Å². The summed E-state index contributed by atoms with van der Waals surface area (Å²) in [4.78, 5) is 59.7. The number of carbonyl (C=O) groups is 5. The summed E-state index contributed by atoms with van der Waals surface area (Å²) in [6.45, 7) is -1.31. The van der Waals surface area contributed by atoms with Gasteiger partial charge in [-0.25, -0.2) is 5.43 Å². The van der Waals surface area contributed by atoms with Crippen LogP contribution < -0.4 is 21.9 Å². The van der Waals surface area contributed by atoms with Gasteiger partial charge in [-0.15, -0.1) is 0 Å². The van der Waals surface area contributed by atoms with Gasteiger partial charge >= 0.3 is 0 Å². The van der Waals surface area contributed by atoms with Gasteiger partial charge in [-0.2, -0.15) is 0 Å². The van der Waals surface area contributed by atoms with Crippen molar-refractivity contribution in [3.63, 3.8) is 0 Å². The average Bonchev–Trinajstić information content (AvgIpc) is 0.776. The lowest BCUT2D eigenvalue weighted by Crippen LogP contribution is -2.65. The molecule has 45 nitrogen and oxygen atoms in total. The predicted molar refractivity (Wildman–Crippen MR) is 349 cm³/mol. The summed E-state index contributed by atoms with van der Waals surface area (Å²) in [6.07, 6.45) is -48.1. The van der Waals surface area contributed by atoms with E-state index < -0.39 is 236 Å². The Morgan fingerprint density at radius 1 is 0.380 bits per heavy atom. The maximum absolute atomic E-state index is 12.4. The second-order valence-electron chi connectivity index (χ2n) is 26.0. The zero-order chi connectivity index (χ0) is 79.9. The number of carbonyl (C=O) groups excluding carboxylic acids is 5. The van der Waals surface area contributed by atoms with Crippen LogP contribution >= 0.6 is 0 Å². The fourth-order valence-electron chi connectivity index (χ4n) is 11.5. The summed E-state index contributed by atoms with van der Waals surface area (Å²) in [6, 6.07) is -0.552. The number of hydrogen-bond acceptors (Lipinski definition) is 43. The molecule has 0 aromatic heterocycles. The van der Waals surface area contributed by atoms with Crippen LogP contribution in [0.1, 0.15) is 58.8 Å². The predicted octanol–water partition coefficient (Wildman–Crippen LogP) is -14.5. The maximum Gasteiger partial charge on any atom is 0.260 e. The molecule has 6 fully saturated rings. The van der Waals surface area contributed by atoms with Crippen LogP contribution in [0.15, 0.2) is 0 Å². The number of ketones is 3. The Kier molecular flexibility index (Phi) is 43.3. The number of ether oxygens (including phenoxy) is 16. The van der Waals surface area contributed by atoms with E-state index in [9.17, 15) is 126 Å². The highest BCUT2D eigenvalue weighted by Gasteiger charge is 2.55. The number of amides is 2. The van der Waals surface area contributed by atoms with Gasteiger partial charge in [-0.3, -0.25) is 29.4 Å². The minimum absolute atomic E-state index is 0.000347. The van der Waals surface area contributed by atoms with Crippen LogP contribution in [0.3, 0.4) is 0 Å². The van der Waals surface area contributed by atoms with Crippen molar-refractivity contribution in [2.75, 3.05) is 119 Å². The summed E-state index contributed by atoms with van der Waals surface area (Å²) in [5, 5.41) is 208. The number of hydrazine groups is 1. The quantitative estimate of drug-likeness (QED) is 0.0199. The fraction of sp³-hybridized carbons (Fsp3) is 0.921. The molecule has 0 unspecified atom stereocenters. The standard InChI is InChI=1S/C34H61N3O21.C29H51NO20/c1-16(40)18(6-2-3-7-35)36-37-22(42)15-52-10-9-51-13-17(41)5-4-8-53-33-30(50)31(58-34-29(49)27(47)24(44)20(12-39)56-34)25(45)21(57-33)14-54-32-28(48)26(46)23(43)19(11-38)55-32;1-2-30-17(34)12-44-7-6-43-10-13(33)4-3-5-45-28-25(42)26(50-29-24(41)22(39)19(36)15(9-32)48-29)20(37)16(49-28)11-46-27-23(40)21(38)18(35)14(8-31)47-27/h18-21,23-34,36,38-39,43-50H,2-15,35H2,1H3,(H,37,42);14-16,18-29,31-32,35-42H,2-12H2,1H3,(H,30,34)/t18-,19+,20+,21+,23+,24+,25+,26-,27-,28-,29-,30-,31-,32-,33+,34+;14-,15-,16-,18-,19-,20-,21+,22+,23+,24+,25+,26+,27+,28-,29-/m01/s1. The number of nitrogens with two attached hydrogens (primary N) is 1. The second-order valence-corrected chi connectivity index (χ2v) is 26.0. The van der Waals surface area contributed by atoms with Gasteiger partial charge in [0.25, 0.3) is 5.91 Å². The molecule has 45 heteroatoms. The number of Topliss-reactive ketones (excluding diaryl/α,β-unsaturated/α-hetero) is 3. The van der Waals surface area contributed by atoms with Crippen molar-refractivity contribution in [3.8, 4) is 0 Å². The summed E-state index contributed by atoms with van der Waals surface area (Å²) in [5.74, 6) is -1.53. The molecule has 31 atom stereocenters. The Hall–Kier alpha value is -3.57. The van der Waals surface area contributed by atoms with Gasteiger partial charge in [0.1, 0.15) is 179 Å². The summed E-state index contributed by atoms with van der Waals surface area (Å²) < 4.78 is 87.2. The third-order valence-electron chi connectivity index (χ3n) is 17.8. The van der Waals surface area contributed by atoms with E-state index >= 15 is 0 Å². The lowest BCUT2D eigenvalue weighted by Gasteiger charge is -2.46. The van der Waals surface area contributed by atoms with E-state index in [0.29, 0.717) is 19.5 Å². The largest absolute Gasteiger partial charge is 0.394 e. The molecule has 6 rings (SSSR count). The van der Waals surface area contributed by atoms with E-state index in [0.717, 1.165) is 12.8 Å². The molecule has 6 aliphatic heterocycles. The van der Waals surface area contributed by atoms with Crippen molar-refractivity contribution in [3.05, 3.63) is 0 Å². The molecule has 0 radical (unpaired) electrons. The van der Waals surface area contributed by atoms with Gasteiger partial charge < -0.3 is 189 Å². The third-order valence-corrected chi connectivity index (χ3v) is 17.8. The first-order chi connectivity index (χ1) is 51.5. The number of likely N-dealkylation sites (N-methyl/N-ethyl adjacent to an activating group) is 1. The lowest BCUT2D eigenvalue weighted by molar-refractivity contribution is -0.366. The smallest absolute Gasteiger partial charge is 0.260 e. The van der Waals surface area contributed by atoms with E-state index in [1.165, 1.54) is 6.92 Å². The summed E-state index contributed by atoms with van der Waals surface area (Å²) >= 11 is 0. The number of aliphatic hydroxyl groups excluding tert-OH is 20. The molecule has 6 heterocycles. The first-order valence-electron chi connectivity index (χ1n) is 35.4. The van der Waals surface area contributed by atoms with Crippen molar-refractivity contribution in [1.29, 1.82) is 0 Å². The first kappa shape index (κ1) is 95.0. The van der Waals surface area contributed by atoms with Crippen molar-refractivity contribution < 1.29 is 202 Å². The number of unbranched alkanes of at least 4 members (excludes halogenated alkanes) is 1. The van der Waals surface area contributed by atoms with Crippen LogP contribution in [0.2, 0.25) is 0 Å². The molecule has 0 spiro atoms. The monoisotopic (exact) mass is 1580 g/mol. The number of nitrogens with one attached hydrogen (secondary N) is 3. The Balaban J connectivity index is 0.000000391. The first-order valence-corrected chi connectivity index (χ1v) is 35.4. The molecule has 108 heavy (non-hydrogen) atoms. The van der Waals surface area contributed by atoms with Crippen LogP contribution in [0, 0.1) is 0 Å². The molecule has 0 aromatic carbocycles. The number of rotatable bonds is 46. The molecule has 2 amide bonds. The molecule has 630 valence electrons. The van der Waals surface area contributed by atoms with Crippen molar-refractivity contribution >= 4 is 29.2 Å². The summed E-state index contributed by atoms with van der Waals surface area (Å²) in [7, 11) is 0. The molecular weight excluding hydrogens is 1470 g/mol. The molecule has 25 N–H and O–H groups in total. The second kappa shape index (κ2) is 49.3. The highest BCUT2D eigenvalue weighted by Crippen LogP contribution is 2.34. The Morgan fingerprint density at radius 2 is 0.713 bits per heavy atom. The molecule has 0 saturated carbocycles. The fourth-order valence-corrected chi connectivity index (χ4v) is 11.5. The Morgan fingerprint density at radius 3 is 1.06 bits per heavy atom. The van der Waals surface area contributed by atoms with Crippen LogP contribution in [-0.2, 0) is 99.8 Å². The minimum Gasteiger partial charge on any atom is -0.394 e. The van der Waals surface area contributed by atoms with E-state index in [1.807, 2.05) is 0 Å². The molecule has 6 aliphatic rings. The molecule has 0 aromatic rings. The zero-order valence-electron chi connectivity index (χ0n) is 59.7. The summed E-state index contributed by atoms with van der Waals surface area (Å²) in [5.41, 5.74) is 10.6. The van der Waals surface area contributed by atoms with Crippen molar-refractivity contribution in [2.24, 2.45) is 5.73 Å². The van der Waals surface area contributed by atoms with Crippen LogP contribution in [0.4, 0.5) is 0 Å². The van der Waals surface area contributed by atoms with Crippen LogP contribution in [0.25, 0.3) is 0 Å². The van der Waals surface area contributed by atoms with Crippen molar-refractivity contribution in [2.45, 2.75) is 249 Å². The van der Waals surface area contributed by atoms with Gasteiger partial charge in [0.05, 0.1) is 85.3 Å². The van der Waals surface area contributed by atoms with Crippen molar-refractivity contribution in [1.82, 2.24) is 16.2 Å². The average molecular weight is 1580 g/mol. The zero-order valence-corrected chi connectivity index (χ0v) is 59.7. The molecule has 0 bridgehead atoms. The van der Waals surface area contributed by atoms with E-state index in [2.05, 4.69) is 16.2 Å². The highest BCUT2D eigenvalue weighted by atomic mass is 16.8. The maximum atomic E-state index is 12.4. The highest BCUT2D eigenvalue weighted by molar-refractivity contribution is 5.82. The normalized spacial score (nSPS) is 37.5. The van der Waals surface area contributed by atoms with E-state index in [1.54, 1.807) is 6.92 Å². The number of aliphatic hydroxyl groups is 20. The molecular formula is C63H112N4O41. The van der Waals surface area contributed by atoms with Crippen LogP contribution in [-0.4, -0.2) is 440 Å². The SMILES string of the molecule is CC(=O)[C@H](CCCCN)NNC(=O)COCCOCC(=O)CCCO[C@@H]1O[C@H](CO[C@H]2O[C@H](CO)[C@@H](O)[C@H](O)[C@@H]2O)[C@@H](O)[C@H](O[C@H]2O[C@H](CO)[C@@H](O)[C@H](O)[C@@H]2O)[C@@H]1O.CCNC(=O)COCCOCC(=O)CCCO[C@@H]1O[C@H](CO[C@H]2O[C@H](CO)[C@@H](O)[C@H](O)[C@@H]2O)[C@@H](O)[C@H](O[C@H]2O[C@H](CO)[C@@H](O)[C@H](O)[C@@H]2O)[C@@H]1O. The topological polar surface area (TPSA) is 700 Å². The third kappa shape index (κ3) is 28.8. The minimum atomic E-state index is -1.91. The Bertz CT molecular complexity index is 2560. The van der Waals surface area contributed by atoms with Gasteiger partial charge in [0.15, 0.2) is 49.3 Å².